The summed E-state index contributed by atoms with van der Waals surface area (Å²) in [5.41, 5.74) is 2.69. The summed E-state index contributed by atoms with van der Waals surface area (Å²) in [7, 11) is 0. The fourth-order valence-electron chi connectivity index (χ4n) is 2.64. The van der Waals surface area contributed by atoms with Crippen LogP contribution in [-0.2, 0) is 0 Å². The number of rotatable bonds is 2. The van der Waals surface area contributed by atoms with Crippen LogP contribution in [-0.4, -0.2) is 6.04 Å². The average Bonchev–Trinajstić information content (AvgIpc) is 2.48. The van der Waals surface area contributed by atoms with Crippen molar-refractivity contribution in [3.63, 3.8) is 0 Å². The number of hydrogen-bond donors (Lipinski definition) is 1. The normalized spacial score (nSPS) is 25.4. The summed E-state index contributed by atoms with van der Waals surface area (Å²) in [5.74, 6) is 0.916. The lowest BCUT2D eigenvalue weighted by molar-refractivity contribution is 0.502. The molecule has 0 saturated heterocycles. The standard InChI is InChI=1S/C15H22IN/c1-11-4-3-5-14(8-6-11)17-15-9-7-13(16)10-12(15)2/h7,9-11,14,17H,3-6,8H2,1-2H3. The summed E-state index contributed by atoms with van der Waals surface area (Å²) in [6.07, 6.45) is 6.82. The summed E-state index contributed by atoms with van der Waals surface area (Å²) >= 11 is 2.37. The molecule has 0 heterocycles. The lowest BCUT2D eigenvalue weighted by Gasteiger charge is -2.19. The number of hydrogen-bond acceptors (Lipinski definition) is 1. The molecule has 94 valence electrons. The molecular weight excluding hydrogens is 321 g/mol. The van der Waals surface area contributed by atoms with E-state index in [1.54, 1.807) is 0 Å². The first-order chi connectivity index (χ1) is 8.15. The summed E-state index contributed by atoms with van der Waals surface area (Å²) in [4.78, 5) is 0. The van der Waals surface area contributed by atoms with Crippen LogP contribution in [0.15, 0.2) is 18.2 Å². The van der Waals surface area contributed by atoms with E-state index in [-0.39, 0.29) is 0 Å². The van der Waals surface area contributed by atoms with Gasteiger partial charge in [0.15, 0.2) is 0 Å². The molecule has 1 nitrogen and oxygen atoms in total. The smallest absolute Gasteiger partial charge is 0.0372 e. The third-order valence-corrected chi connectivity index (χ3v) is 4.48. The fraction of sp³-hybridized carbons (Fsp3) is 0.600. The monoisotopic (exact) mass is 343 g/mol. The molecule has 1 fully saturated rings. The molecule has 1 aliphatic carbocycles. The lowest BCUT2D eigenvalue weighted by atomic mass is 10.0. The minimum atomic E-state index is 0.679. The van der Waals surface area contributed by atoms with Gasteiger partial charge in [-0.2, -0.15) is 0 Å². The van der Waals surface area contributed by atoms with Gasteiger partial charge in [-0.1, -0.05) is 19.8 Å². The van der Waals surface area contributed by atoms with Gasteiger partial charge in [0.25, 0.3) is 0 Å². The lowest BCUT2D eigenvalue weighted by Crippen LogP contribution is -2.19. The van der Waals surface area contributed by atoms with Crippen molar-refractivity contribution >= 4 is 28.3 Å². The quantitative estimate of drug-likeness (QED) is 0.590. The second kappa shape index (κ2) is 6.07. The average molecular weight is 343 g/mol. The zero-order valence-electron chi connectivity index (χ0n) is 10.8. The molecule has 1 N–H and O–H groups in total. The Labute approximate surface area is 119 Å². The molecule has 1 aromatic rings. The topological polar surface area (TPSA) is 12.0 Å². The number of benzene rings is 1. The highest BCUT2D eigenvalue weighted by molar-refractivity contribution is 14.1. The van der Waals surface area contributed by atoms with Crippen molar-refractivity contribution in [2.75, 3.05) is 5.32 Å². The largest absolute Gasteiger partial charge is 0.382 e. The summed E-state index contributed by atoms with van der Waals surface area (Å²) in [5, 5.41) is 3.73. The highest BCUT2D eigenvalue weighted by atomic mass is 127. The first-order valence-corrected chi connectivity index (χ1v) is 7.75. The number of aryl methyl sites for hydroxylation is 1. The van der Waals surface area contributed by atoms with E-state index in [4.69, 9.17) is 0 Å². The summed E-state index contributed by atoms with van der Waals surface area (Å²) in [6.45, 7) is 4.59. The minimum absolute atomic E-state index is 0.679. The van der Waals surface area contributed by atoms with Crippen LogP contribution in [0.2, 0.25) is 0 Å². The Morgan fingerprint density at radius 1 is 1.18 bits per heavy atom. The molecule has 0 bridgehead atoms. The molecule has 0 spiro atoms. The maximum absolute atomic E-state index is 3.73. The number of halogens is 1. The van der Waals surface area contributed by atoms with Gasteiger partial charge in [-0.3, -0.25) is 0 Å². The highest BCUT2D eigenvalue weighted by Gasteiger charge is 2.16. The van der Waals surface area contributed by atoms with Crippen LogP contribution in [0, 0.1) is 16.4 Å². The SMILES string of the molecule is Cc1cc(I)ccc1NC1CCCC(C)CC1. The van der Waals surface area contributed by atoms with E-state index in [0.717, 1.165) is 5.92 Å². The molecule has 1 aromatic carbocycles. The molecule has 2 heteroatoms. The first kappa shape index (κ1) is 13.2. The summed E-state index contributed by atoms with van der Waals surface area (Å²) in [6, 6.07) is 7.35. The minimum Gasteiger partial charge on any atom is -0.382 e. The molecule has 2 atom stereocenters. The van der Waals surface area contributed by atoms with Crippen LogP contribution in [0.3, 0.4) is 0 Å². The Bertz CT molecular complexity index is 375. The van der Waals surface area contributed by atoms with E-state index in [9.17, 15) is 0 Å². The Morgan fingerprint density at radius 3 is 2.76 bits per heavy atom. The predicted octanol–water partition coefficient (Wildman–Crippen LogP) is 4.98. The molecule has 0 aliphatic heterocycles. The predicted molar refractivity (Wildman–Crippen MR) is 83.6 cm³/mol. The number of anilines is 1. The Hall–Kier alpha value is -0.250. The summed E-state index contributed by atoms with van der Waals surface area (Å²) < 4.78 is 1.32. The molecule has 1 aliphatic rings. The van der Waals surface area contributed by atoms with E-state index in [1.807, 2.05) is 0 Å². The van der Waals surface area contributed by atoms with Crippen molar-refractivity contribution in [1.29, 1.82) is 0 Å². The molecular formula is C15H22IN. The van der Waals surface area contributed by atoms with E-state index in [1.165, 1.54) is 46.9 Å². The number of nitrogens with one attached hydrogen (secondary N) is 1. The zero-order valence-corrected chi connectivity index (χ0v) is 13.0. The second-order valence-electron chi connectivity index (χ2n) is 5.41. The van der Waals surface area contributed by atoms with E-state index >= 15 is 0 Å². The van der Waals surface area contributed by atoms with Gasteiger partial charge >= 0.3 is 0 Å². The van der Waals surface area contributed by atoms with Crippen molar-refractivity contribution < 1.29 is 0 Å². The molecule has 0 aromatic heterocycles. The van der Waals surface area contributed by atoms with Crippen LogP contribution in [0.5, 0.6) is 0 Å². The van der Waals surface area contributed by atoms with Gasteiger partial charge in [0, 0.05) is 15.3 Å². The third kappa shape index (κ3) is 3.87. The maximum atomic E-state index is 3.73. The Balaban J connectivity index is 2.00. The van der Waals surface area contributed by atoms with Gasteiger partial charge in [-0.15, -0.1) is 0 Å². The van der Waals surface area contributed by atoms with Gasteiger partial charge in [0.2, 0.25) is 0 Å². The van der Waals surface area contributed by atoms with Crippen LogP contribution < -0.4 is 5.32 Å². The van der Waals surface area contributed by atoms with Gasteiger partial charge in [0.05, 0.1) is 0 Å². The molecule has 0 radical (unpaired) electrons. The molecule has 1 saturated carbocycles. The van der Waals surface area contributed by atoms with Gasteiger partial charge < -0.3 is 5.32 Å². The van der Waals surface area contributed by atoms with E-state index in [2.05, 4.69) is 60.0 Å². The van der Waals surface area contributed by atoms with Crippen LogP contribution in [0.4, 0.5) is 5.69 Å². The third-order valence-electron chi connectivity index (χ3n) is 3.81. The zero-order chi connectivity index (χ0) is 12.3. The molecule has 2 rings (SSSR count). The van der Waals surface area contributed by atoms with E-state index in [0.29, 0.717) is 6.04 Å². The second-order valence-corrected chi connectivity index (χ2v) is 6.66. The fourth-order valence-corrected chi connectivity index (χ4v) is 3.29. The van der Waals surface area contributed by atoms with Crippen molar-refractivity contribution in [2.24, 2.45) is 5.92 Å². The van der Waals surface area contributed by atoms with E-state index < -0.39 is 0 Å². The first-order valence-electron chi connectivity index (χ1n) is 6.68. The Kier molecular flexibility index (Phi) is 4.71. The maximum Gasteiger partial charge on any atom is 0.0372 e. The van der Waals surface area contributed by atoms with Gasteiger partial charge in [0.1, 0.15) is 0 Å². The van der Waals surface area contributed by atoms with Crippen LogP contribution in [0.25, 0.3) is 0 Å². The Morgan fingerprint density at radius 2 is 2.00 bits per heavy atom. The van der Waals surface area contributed by atoms with Crippen LogP contribution in [0.1, 0.15) is 44.6 Å². The molecule has 2 unspecified atom stereocenters. The molecule has 0 amide bonds. The van der Waals surface area contributed by atoms with Gasteiger partial charge in [-0.05, 0) is 78.5 Å². The van der Waals surface area contributed by atoms with Crippen LogP contribution >= 0.6 is 22.6 Å². The van der Waals surface area contributed by atoms with Crippen molar-refractivity contribution in [1.82, 2.24) is 0 Å². The van der Waals surface area contributed by atoms with Gasteiger partial charge in [-0.25, -0.2) is 0 Å². The highest BCUT2D eigenvalue weighted by Crippen LogP contribution is 2.26. The molecule has 17 heavy (non-hydrogen) atoms. The van der Waals surface area contributed by atoms with Crippen molar-refractivity contribution in [3.8, 4) is 0 Å². The van der Waals surface area contributed by atoms with Crippen molar-refractivity contribution in [3.05, 3.63) is 27.3 Å². The van der Waals surface area contributed by atoms with Crippen molar-refractivity contribution in [2.45, 2.75) is 52.0 Å².